The highest BCUT2D eigenvalue weighted by atomic mass is 16.5. The fourth-order valence-corrected chi connectivity index (χ4v) is 3.12. The van der Waals surface area contributed by atoms with E-state index in [4.69, 9.17) is 4.74 Å². The molecule has 2 aromatic carbocycles. The van der Waals surface area contributed by atoms with E-state index in [-0.39, 0.29) is 18.2 Å². The molecule has 0 aliphatic carbocycles. The first-order valence-electron chi connectivity index (χ1n) is 9.36. The number of hydrogen-bond acceptors (Lipinski definition) is 6. The van der Waals surface area contributed by atoms with Gasteiger partial charge in [-0.05, 0) is 44.2 Å². The van der Waals surface area contributed by atoms with Crippen LogP contribution in [-0.2, 0) is 9.59 Å². The summed E-state index contributed by atoms with van der Waals surface area (Å²) in [5, 5.41) is 9.73. The molecule has 0 spiro atoms. The van der Waals surface area contributed by atoms with E-state index in [1.54, 1.807) is 25.1 Å². The van der Waals surface area contributed by atoms with Crippen molar-refractivity contribution in [2.75, 3.05) is 22.5 Å². The molecule has 3 aromatic rings. The Kier molecular flexibility index (Phi) is 4.99. The minimum absolute atomic E-state index is 0.150. The molecule has 3 N–H and O–H groups in total. The van der Waals surface area contributed by atoms with Gasteiger partial charge in [-0.3, -0.25) is 9.59 Å². The second-order valence-electron chi connectivity index (χ2n) is 6.93. The number of hydrogen-bond donors (Lipinski definition) is 3. The van der Waals surface area contributed by atoms with Crippen LogP contribution in [0, 0.1) is 6.92 Å². The second-order valence-corrected chi connectivity index (χ2v) is 6.93. The van der Waals surface area contributed by atoms with Gasteiger partial charge in [0.05, 0.1) is 11.2 Å². The van der Waals surface area contributed by atoms with Crippen molar-refractivity contribution in [3.8, 4) is 5.75 Å². The van der Waals surface area contributed by atoms with Gasteiger partial charge < -0.3 is 20.7 Å². The summed E-state index contributed by atoms with van der Waals surface area (Å²) in [5.41, 5.74) is 3.11. The van der Waals surface area contributed by atoms with Crippen molar-refractivity contribution in [1.82, 2.24) is 9.97 Å². The summed E-state index contributed by atoms with van der Waals surface area (Å²) >= 11 is 0. The zero-order valence-corrected chi connectivity index (χ0v) is 16.2. The first kappa shape index (κ1) is 18.7. The molecule has 2 heterocycles. The Bertz CT molecular complexity index is 1100. The molecule has 0 saturated heterocycles. The predicted molar refractivity (Wildman–Crippen MR) is 111 cm³/mol. The van der Waals surface area contributed by atoms with E-state index in [1.165, 1.54) is 6.33 Å². The van der Waals surface area contributed by atoms with Gasteiger partial charge in [-0.1, -0.05) is 11.6 Å². The van der Waals surface area contributed by atoms with Crippen LogP contribution in [-0.4, -0.2) is 34.4 Å². The van der Waals surface area contributed by atoms with Crippen LogP contribution in [0.1, 0.15) is 18.9 Å². The van der Waals surface area contributed by atoms with Crippen molar-refractivity contribution in [1.29, 1.82) is 0 Å². The zero-order valence-electron chi connectivity index (χ0n) is 16.2. The highest BCUT2D eigenvalue weighted by Crippen LogP contribution is 2.32. The summed E-state index contributed by atoms with van der Waals surface area (Å²) in [6.45, 7) is 4.12. The molecule has 4 rings (SSSR count). The van der Waals surface area contributed by atoms with E-state index in [1.807, 2.05) is 25.1 Å². The number of nitrogens with one attached hydrogen (secondary N) is 3. The predicted octanol–water partition coefficient (Wildman–Crippen LogP) is 3.10. The highest BCUT2D eigenvalue weighted by Gasteiger charge is 2.23. The molecule has 0 bridgehead atoms. The van der Waals surface area contributed by atoms with Gasteiger partial charge in [-0.15, -0.1) is 0 Å². The van der Waals surface area contributed by atoms with E-state index < -0.39 is 6.10 Å². The van der Waals surface area contributed by atoms with Gasteiger partial charge in [0.2, 0.25) is 5.91 Å². The summed E-state index contributed by atoms with van der Waals surface area (Å²) in [6.07, 6.45) is 1.23. The maximum Gasteiger partial charge on any atom is 0.265 e. The van der Waals surface area contributed by atoms with Crippen molar-refractivity contribution in [3.63, 3.8) is 0 Å². The number of benzene rings is 2. The lowest BCUT2D eigenvalue weighted by molar-refractivity contribution is -0.122. The van der Waals surface area contributed by atoms with Crippen molar-refractivity contribution in [2.45, 2.75) is 26.4 Å². The lowest BCUT2D eigenvalue weighted by atomic mass is 10.1. The Morgan fingerprint density at radius 2 is 2.07 bits per heavy atom. The van der Waals surface area contributed by atoms with Crippen molar-refractivity contribution in [3.05, 3.63) is 48.3 Å². The molecule has 8 heteroatoms. The largest absolute Gasteiger partial charge is 0.479 e. The van der Waals surface area contributed by atoms with Crippen LogP contribution in [0.3, 0.4) is 0 Å². The van der Waals surface area contributed by atoms with Crippen LogP contribution in [0.5, 0.6) is 5.75 Å². The summed E-state index contributed by atoms with van der Waals surface area (Å²) < 4.78 is 5.51. The fourth-order valence-electron chi connectivity index (χ4n) is 3.12. The van der Waals surface area contributed by atoms with Gasteiger partial charge in [0.15, 0.2) is 6.10 Å². The average Bonchev–Trinajstić information content (AvgIpc) is 2.69. The molecule has 1 atom stereocenters. The van der Waals surface area contributed by atoms with E-state index >= 15 is 0 Å². The SMILES string of the molecule is Cc1ccc2ncnc(NCCC(=O)Nc3ccc4c(c3)NC(=O)[C@@H](C)O4)c2c1. The quantitative estimate of drug-likeness (QED) is 0.617. The minimum atomic E-state index is -0.532. The number of fused-ring (bicyclic) bond motifs is 2. The van der Waals surface area contributed by atoms with Gasteiger partial charge in [0.1, 0.15) is 17.9 Å². The van der Waals surface area contributed by atoms with Crippen LogP contribution in [0.4, 0.5) is 17.2 Å². The van der Waals surface area contributed by atoms with Crippen LogP contribution in [0.15, 0.2) is 42.7 Å². The summed E-state index contributed by atoms with van der Waals surface area (Å²) in [6, 6.07) is 11.1. The first-order chi connectivity index (χ1) is 14.0. The van der Waals surface area contributed by atoms with Crippen LogP contribution in [0.2, 0.25) is 0 Å². The number of aromatic nitrogens is 2. The molecule has 148 valence electrons. The molecule has 1 aliphatic heterocycles. The van der Waals surface area contributed by atoms with Crippen LogP contribution < -0.4 is 20.7 Å². The molecule has 0 saturated carbocycles. The first-order valence-corrected chi connectivity index (χ1v) is 9.36. The number of aryl methyl sites for hydroxylation is 1. The Morgan fingerprint density at radius 3 is 2.93 bits per heavy atom. The average molecular weight is 391 g/mol. The lowest BCUT2D eigenvalue weighted by Crippen LogP contribution is -2.34. The molecule has 8 nitrogen and oxygen atoms in total. The van der Waals surface area contributed by atoms with Gasteiger partial charge in [-0.2, -0.15) is 0 Å². The molecular formula is C21H21N5O3. The lowest BCUT2D eigenvalue weighted by Gasteiger charge is -2.23. The Hall–Kier alpha value is -3.68. The van der Waals surface area contributed by atoms with E-state index in [0.717, 1.165) is 16.5 Å². The third kappa shape index (κ3) is 4.11. The molecule has 0 unspecified atom stereocenters. The molecule has 0 radical (unpaired) electrons. The molecule has 29 heavy (non-hydrogen) atoms. The number of rotatable bonds is 5. The number of amides is 2. The number of anilines is 3. The van der Waals surface area contributed by atoms with E-state index in [9.17, 15) is 9.59 Å². The molecule has 0 fully saturated rings. The number of carbonyl (C=O) groups is 2. The van der Waals surface area contributed by atoms with Gasteiger partial charge in [0, 0.05) is 24.0 Å². The maximum atomic E-state index is 12.3. The number of ether oxygens (including phenoxy) is 1. The van der Waals surface area contributed by atoms with Gasteiger partial charge in [0.25, 0.3) is 5.91 Å². The second kappa shape index (κ2) is 7.75. The van der Waals surface area contributed by atoms with Crippen LogP contribution in [0.25, 0.3) is 10.9 Å². The molecule has 1 aromatic heterocycles. The summed E-state index contributed by atoms with van der Waals surface area (Å²) in [5.74, 6) is 0.929. The number of nitrogens with zero attached hydrogens (tertiary/aromatic N) is 2. The third-order valence-corrected chi connectivity index (χ3v) is 4.63. The van der Waals surface area contributed by atoms with Gasteiger partial charge in [-0.25, -0.2) is 9.97 Å². The van der Waals surface area contributed by atoms with Crippen molar-refractivity contribution in [2.24, 2.45) is 0 Å². The van der Waals surface area contributed by atoms with Gasteiger partial charge >= 0.3 is 0 Å². The summed E-state index contributed by atoms with van der Waals surface area (Å²) in [4.78, 5) is 32.6. The molecule has 1 aliphatic rings. The molecular weight excluding hydrogens is 370 g/mol. The molecule has 2 amide bonds. The monoisotopic (exact) mass is 391 g/mol. The van der Waals surface area contributed by atoms with E-state index in [2.05, 4.69) is 25.9 Å². The van der Waals surface area contributed by atoms with Crippen molar-refractivity contribution < 1.29 is 14.3 Å². The Labute approximate surface area is 167 Å². The normalized spacial score (nSPS) is 15.2. The Balaban J connectivity index is 1.36. The smallest absolute Gasteiger partial charge is 0.265 e. The van der Waals surface area contributed by atoms with E-state index in [0.29, 0.717) is 29.5 Å². The third-order valence-electron chi connectivity index (χ3n) is 4.63. The minimum Gasteiger partial charge on any atom is -0.479 e. The number of carbonyl (C=O) groups excluding carboxylic acids is 2. The summed E-state index contributed by atoms with van der Waals surface area (Å²) in [7, 11) is 0. The zero-order chi connectivity index (χ0) is 20.4. The fraction of sp³-hybridized carbons (Fsp3) is 0.238. The topological polar surface area (TPSA) is 105 Å². The van der Waals surface area contributed by atoms with Crippen molar-refractivity contribution >= 4 is 39.9 Å². The maximum absolute atomic E-state index is 12.3. The Morgan fingerprint density at radius 1 is 1.21 bits per heavy atom. The van der Waals surface area contributed by atoms with Crippen LogP contribution >= 0.6 is 0 Å². The highest BCUT2D eigenvalue weighted by molar-refractivity contribution is 5.99. The standard InChI is InChI=1S/C21H21N5O3/c1-12-3-5-16-15(9-12)20(24-11-23-16)22-8-7-19(27)25-14-4-6-18-17(10-14)26-21(28)13(2)29-18/h3-6,9-11,13H,7-8H2,1-2H3,(H,25,27)(H,26,28)(H,22,23,24)/t13-/m1/s1.